The maximum absolute atomic E-state index is 10.9. The molecule has 30 heteroatoms. The van der Waals surface area contributed by atoms with E-state index in [1.54, 1.807) is 133 Å². The smallest absolute Gasteiger partial charge is 0.870 e. The van der Waals surface area contributed by atoms with Gasteiger partial charge in [0.05, 0.1) is 54.3 Å². The molecule has 0 saturated carbocycles. The molecular weight excluding hydrogens is 2500 g/mol. The van der Waals surface area contributed by atoms with Crippen LogP contribution in [0.4, 0.5) is 0 Å². The largest absolute Gasteiger partial charge is 1.00 e. The quantitative estimate of drug-likeness (QED) is 0.0464. The Morgan fingerprint density at radius 3 is 1.07 bits per heavy atom. The Hall–Kier alpha value is 3.43. The van der Waals surface area contributed by atoms with Gasteiger partial charge in [-0.15, -0.1) is 211 Å². The van der Waals surface area contributed by atoms with Crippen molar-refractivity contribution in [1.29, 1.82) is 0 Å². The van der Waals surface area contributed by atoms with Crippen LogP contribution in [0.15, 0.2) is 402 Å². The summed E-state index contributed by atoms with van der Waals surface area (Å²) in [6, 6.07) is 94.7. The zero-order valence-corrected chi connectivity index (χ0v) is 133. The van der Waals surface area contributed by atoms with Gasteiger partial charge in [0, 0.05) is 0 Å². The Balaban J connectivity index is -0.0000000727. The van der Waals surface area contributed by atoms with Crippen LogP contribution in [0.3, 0.4) is 0 Å². The molecule has 10 N–H and O–H groups in total. The van der Waals surface area contributed by atoms with Crippen LogP contribution in [0.5, 0.6) is 0 Å². The zero-order chi connectivity index (χ0) is 87.9. The van der Waals surface area contributed by atoms with Gasteiger partial charge in [0.1, 0.15) is 0 Å². The molecule has 0 aromatic heterocycles. The monoisotopic (exact) mass is 2600 g/mol. The SMILES string of the molecule is C/C=C(\C)c1cc[c-]c(=O)cc1.C/C=C/Cc1cc[c-]c(=O)cc1.C/C=C\Cc1cc[c-]c(=O)cc1.C=C(CC)c1cc[c-]c(=O)cc1.C=C/C=C/c1cc[c-]c(=O)cc1.C=CC(=C)c1cc[c-]c(=O)cc1.C=CCCc1cc[c-]c(=O)cc1.CC(C)=Cc1cc[c-]c(=O)cc1.O=c1[c-]ccc(C2=CCC2)cc1.O=c1[c-]ccc(C2C=CC2)cc1.[OH-].[OH-].[OH-].[OH-].[OH-].[OH-].[OH-].[OH-].[OH-].[OH-].[Rb+].[Rb+].[Rb+].[Rb+].[Rb+].[Rb+].[Rb+].[Rb+].[Rb+].[Rb+]. The average Bonchev–Trinajstić information content (AvgIpc) is 1.53. The topological polar surface area (TPSA) is 471 Å². The fourth-order valence-corrected chi connectivity index (χ4v) is 9.64. The molecule has 1 unspecified atom stereocenters. The molecule has 0 fully saturated rings. The average molecular weight is 2610 g/mol. The number of hydrogen-bond acceptors (Lipinski definition) is 20. The first-order chi connectivity index (χ1) is 57.9. The third kappa shape index (κ3) is 94.9. The summed E-state index contributed by atoms with van der Waals surface area (Å²) < 4.78 is 0. The molecule has 0 heterocycles. The van der Waals surface area contributed by atoms with Crippen LogP contribution in [-0.4, -0.2) is 54.8 Å². The number of allylic oxidation sites excluding steroid dienone is 17. The molecule has 0 radical (unpaired) electrons. The van der Waals surface area contributed by atoms with Gasteiger partial charge in [-0.3, -0.25) is 0 Å². The summed E-state index contributed by atoms with van der Waals surface area (Å²) in [4.78, 5) is 108. The Morgan fingerprint density at radius 2 is 0.707 bits per heavy atom. The summed E-state index contributed by atoms with van der Waals surface area (Å²) in [5.41, 5.74) is 15.5. The maximum Gasteiger partial charge on any atom is 1.00 e. The van der Waals surface area contributed by atoms with Crippen molar-refractivity contribution in [2.24, 2.45) is 0 Å². The molecule has 2 aliphatic carbocycles. The normalized spacial score (nSPS) is 9.78. The second kappa shape index (κ2) is 121. The van der Waals surface area contributed by atoms with E-state index in [9.17, 15) is 47.9 Å². The van der Waals surface area contributed by atoms with Crippen molar-refractivity contribution >= 4 is 34.4 Å². The summed E-state index contributed by atoms with van der Waals surface area (Å²) >= 11 is 0. The molecule has 692 valence electrons. The molecule has 20 nitrogen and oxygen atoms in total. The zero-order valence-electron chi connectivity index (χ0n) is 84.0. The van der Waals surface area contributed by atoms with Gasteiger partial charge < -0.3 is 103 Å². The first-order valence-corrected chi connectivity index (χ1v) is 38.9. The second-order valence-corrected chi connectivity index (χ2v) is 26.2. The van der Waals surface area contributed by atoms with Crippen molar-refractivity contribution in [3.8, 4) is 0 Å². The van der Waals surface area contributed by atoms with E-state index in [-0.39, 0.29) is 691 Å². The predicted molar refractivity (Wildman–Crippen MR) is 521 cm³/mol. The van der Waals surface area contributed by atoms with E-state index in [0.717, 1.165) is 106 Å². The summed E-state index contributed by atoms with van der Waals surface area (Å²) in [6.07, 6.45) is 35.5. The third-order valence-electron chi connectivity index (χ3n) is 16.7. The Morgan fingerprint density at radius 1 is 0.379 bits per heavy atom. The molecule has 10 aromatic carbocycles. The number of hydrogen-bond donors (Lipinski definition) is 0. The van der Waals surface area contributed by atoms with Crippen molar-refractivity contribution in [3.05, 3.63) is 573 Å². The van der Waals surface area contributed by atoms with Gasteiger partial charge >= 0.3 is 582 Å². The van der Waals surface area contributed by atoms with Crippen LogP contribution in [-0.2, 0) is 19.3 Å². The molecular formula is C110H112O20Rb10-10. The first kappa shape index (κ1) is 185. The third-order valence-corrected chi connectivity index (χ3v) is 16.7. The molecule has 0 saturated heterocycles. The van der Waals surface area contributed by atoms with Gasteiger partial charge in [0.15, 0.2) is 0 Å². The van der Waals surface area contributed by atoms with E-state index in [0.29, 0.717) is 5.92 Å². The molecule has 12 rings (SSSR count). The Labute approximate surface area is 1320 Å². The molecule has 1 atom stereocenters. The van der Waals surface area contributed by atoms with Crippen molar-refractivity contribution in [2.75, 3.05) is 0 Å². The summed E-state index contributed by atoms with van der Waals surface area (Å²) in [5.74, 6) is 0.519. The molecule has 10 aromatic rings. The summed E-state index contributed by atoms with van der Waals surface area (Å²) in [5, 5.41) is 0. The minimum Gasteiger partial charge on any atom is -0.870 e. The van der Waals surface area contributed by atoms with Crippen LogP contribution in [0.2, 0.25) is 0 Å². The van der Waals surface area contributed by atoms with E-state index in [2.05, 4.69) is 124 Å². The van der Waals surface area contributed by atoms with Gasteiger partial charge in [-0.1, -0.05) is 174 Å². The van der Waals surface area contributed by atoms with Crippen molar-refractivity contribution in [1.82, 2.24) is 0 Å². The van der Waals surface area contributed by atoms with E-state index >= 15 is 0 Å². The van der Waals surface area contributed by atoms with Crippen molar-refractivity contribution < 1.29 is 637 Å². The summed E-state index contributed by atoms with van der Waals surface area (Å²) in [7, 11) is 0. The van der Waals surface area contributed by atoms with Gasteiger partial charge in [0.2, 0.25) is 0 Å². The van der Waals surface area contributed by atoms with Crippen LogP contribution in [0.1, 0.15) is 142 Å². The van der Waals surface area contributed by atoms with E-state index in [1.165, 1.54) is 59.0 Å². The van der Waals surface area contributed by atoms with Gasteiger partial charge in [-0.2, -0.15) is 121 Å². The molecule has 0 bridgehead atoms. The minimum atomic E-state index is -0.127. The molecule has 2 aliphatic rings. The fourth-order valence-electron chi connectivity index (χ4n) is 9.64. The van der Waals surface area contributed by atoms with Crippen LogP contribution >= 0.6 is 0 Å². The van der Waals surface area contributed by atoms with Crippen molar-refractivity contribution in [2.45, 2.75) is 106 Å². The van der Waals surface area contributed by atoms with Crippen molar-refractivity contribution in [3.63, 3.8) is 0 Å². The molecule has 0 spiro atoms. The maximum atomic E-state index is 10.9. The van der Waals surface area contributed by atoms with E-state index in [1.807, 2.05) is 182 Å². The second-order valence-electron chi connectivity index (χ2n) is 26.2. The Bertz CT molecular complexity index is 5720. The molecule has 0 amide bonds. The number of rotatable bonds is 17. The number of aryl methyl sites for hydroxylation is 1. The van der Waals surface area contributed by atoms with Crippen LogP contribution < -0.4 is 636 Å². The predicted octanol–water partition coefficient (Wildman–Crippen LogP) is -11.0. The van der Waals surface area contributed by atoms with Crippen LogP contribution in [0, 0.1) is 60.7 Å². The van der Waals surface area contributed by atoms with Crippen LogP contribution in [0.25, 0.3) is 34.4 Å². The van der Waals surface area contributed by atoms with E-state index < -0.39 is 0 Å². The van der Waals surface area contributed by atoms with Gasteiger partial charge in [0.25, 0.3) is 0 Å². The summed E-state index contributed by atoms with van der Waals surface area (Å²) in [6.45, 7) is 32.5. The van der Waals surface area contributed by atoms with E-state index in [4.69, 9.17) is 0 Å². The van der Waals surface area contributed by atoms with Gasteiger partial charge in [-0.05, 0) is 104 Å². The minimum absolute atomic E-state index is 0. The molecule has 0 aliphatic heterocycles. The fraction of sp³-hybridized carbons (Fsp3) is 0.145. The first-order valence-electron chi connectivity index (χ1n) is 38.9. The Kier molecular flexibility index (Phi) is 160. The molecule has 140 heavy (non-hydrogen) atoms. The van der Waals surface area contributed by atoms with Gasteiger partial charge in [-0.25, -0.2) is 0 Å². The standard InChI is InChI=1S/2C11H9O.3C11H11O.C11H9O.3C11H11O.C11H9O.10H2O.10Rb/c2*12-11-6-2-5-10(7-8-11)9-3-1-4-9;1-9(2)8-10-4-3-5-11(12)7-6-10;3*1-3-9(2)10-5-4-6-11(12)8-7-10;4*1-2-3-5-10-6-4-7-11(12)9-8-10;;;;;;;;;;;;;;;;;;;;/h2-3,5,7-8H,1,4H2;1-3,5,7-9H,4H2;3-4,6-8H,1-2H3;3-5,7-8H,1-2H3;4-5,7-8H,2-3H2,1H3;3-5,7-8H,1-2H2;2*2-4,6,8-9H,5H2,1H3;2,4,6,8-9H,1,3,5H2;2-6,8-9H,1H2;10*1H2;;;;;;;;;;/q10*-1;;;;;;;;;;;10*+1/p-10/b;;;9-3+;;;3-2+;3-2-;;5-3+;;;;;;;;;;;;;;;;;;;;.